The molecule has 0 aliphatic heterocycles. The van der Waals surface area contributed by atoms with Crippen LogP contribution in [0.3, 0.4) is 0 Å². The van der Waals surface area contributed by atoms with Gasteiger partial charge in [0.2, 0.25) is 0 Å². The van der Waals surface area contributed by atoms with Crippen LogP contribution in [0.1, 0.15) is 18.0 Å². The molecule has 0 fully saturated rings. The Morgan fingerprint density at radius 1 is 1.47 bits per heavy atom. The molecule has 0 amide bonds. The van der Waals surface area contributed by atoms with E-state index in [0.717, 1.165) is 12.1 Å². The quantitative estimate of drug-likeness (QED) is 0.803. The Hall–Kier alpha value is -1.49. The van der Waals surface area contributed by atoms with Crippen LogP contribution in [0.4, 0.5) is 8.78 Å². The zero-order valence-electron chi connectivity index (χ0n) is 8.13. The molecule has 0 saturated heterocycles. The van der Waals surface area contributed by atoms with Crippen LogP contribution in [-0.2, 0) is 4.79 Å². The van der Waals surface area contributed by atoms with E-state index in [-0.39, 0.29) is 12.0 Å². The van der Waals surface area contributed by atoms with E-state index in [1.165, 1.54) is 13.1 Å². The van der Waals surface area contributed by atoms with Gasteiger partial charge < -0.3 is 10.4 Å². The predicted octanol–water partition coefficient (Wildman–Crippen LogP) is 1.70. The molecule has 3 nitrogen and oxygen atoms in total. The van der Waals surface area contributed by atoms with Crippen molar-refractivity contribution in [1.82, 2.24) is 5.32 Å². The minimum Gasteiger partial charge on any atom is -0.481 e. The van der Waals surface area contributed by atoms with E-state index in [0.29, 0.717) is 0 Å². The number of aliphatic carboxylic acids is 1. The Bertz CT molecular complexity index is 348. The third-order valence-electron chi connectivity index (χ3n) is 2.08. The Kier molecular flexibility index (Phi) is 3.74. The second-order valence-electron chi connectivity index (χ2n) is 3.07. The van der Waals surface area contributed by atoms with Crippen LogP contribution in [0.25, 0.3) is 0 Å². The third-order valence-corrected chi connectivity index (χ3v) is 2.08. The van der Waals surface area contributed by atoms with Gasteiger partial charge >= 0.3 is 5.97 Å². The van der Waals surface area contributed by atoms with E-state index < -0.39 is 23.6 Å². The molecule has 5 heteroatoms. The predicted molar refractivity (Wildman–Crippen MR) is 50.4 cm³/mol. The number of rotatable bonds is 4. The maximum atomic E-state index is 13.3. The van der Waals surface area contributed by atoms with Crippen LogP contribution in [0.15, 0.2) is 18.2 Å². The molecule has 0 heterocycles. The summed E-state index contributed by atoms with van der Waals surface area (Å²) < 4.78 is 26.5. The van der Waals surface area contributed by atoms with Crippen molar-refractivity contribution in [2.45, 2.75) is 12.5 Å². The first kappa shape index (κ1) is 11.6. The van der Waals surface area contributed by atoms with Crippen molar-refractivity contribution >= 4 is 5.97 Å². The maximum absolute atomic E-state index is 13.3. The number of benzene rings is 1. The molecular weight excluding hydrogens is 204 g/mol. The number of carbonyl (C=O) groups is 1. The van der Waals surface area contributed by atoms with Gasteiger partial charge in [0.25, 0.3) is 0 Å². The summed E-state index contributed by atoms with van der Waals surface area (Å²) in [5.41, 5.74) is -0.234. The van der Waals surface area contributed by atoms with E-state index in [2.05, 4.69) is 5.32 Å². The summed E-state index contributed by atoms with van der Waals surface area (Å²) in [4.78, 5) is 10.5. The van der Waals surface area contributed by atoms with Gasteiger partial charge in [-0.25, -0.2) is 8.78 Å². The highest BCUT2D eigenvalue weighted by Gasteiger charge is 2.20. The van der Waals surface area contributed by atoms with Gasteiger partial charge in [0.15, 0.2) is 0 Å². The summed E-state index contributed by atoms with van der Waals surface area (Å²) in [7, 11) is 1.46. The lowest BCUT2D eigenvalue weighted by Crippen LogP contribution is -2.22. The first-order valence-electron chi connectivity index (χ1n) is 4.39. The van der Waals surface area contributed by atoms with Gasteiger partial charge in [0, 0.05) is 11.6 Å². The zero-order valence-corrected chi connectivity index (χ0v) is 8.13. The Balaban J connectivity index is 3.05. The van der Waals surface area contributed by atoms with E-state index in [9.17, 15) is 13.6 Å². The standard InChI is InChI=1S/C10H11F2NO2/c1-13-8(5-9(14)15)10-6(11)3-2-4-7(10)12/h2-4,8,13H,5H2,1H3,(H,14,15). The number of nitrogens with one attached hydrogen (secondary N) is 1. The van der Waals surface area contributed by atoms with E-state index in [4.69, 9.17) is 5.11 Å². The second kappa shape index (κ2) is 4.84. The molecule has 0 radical (unpaired) electrons. The van der Waals surface area contributed by atoms with Crippen molar-refractivity contribution in [3.05, 3.63) is 35.4 Å². The maximum Gasteiger partial charge on any atom is 0.305 e. The largest absolute Gasteiger partial charge is 0.481 e. The monoisotopic (exact) mass is 215 g/mol. The van der Waals surface area contributed by atoms with Crippen LogP contribution in [-0.4, -0.2) is 18.1 Å². The van der Waals surface area contributed by atoms with Crippen LogP contribution in [0.5, 0.6) is 0 Å². The lowest BCUT2D eigenvalue weighted by Gasteiger charge is -2.15. The van der Waals surface area contributed by atoms with Crippen LogP contribution in [0, 0.1) is 11.6 Å². The number of carboxylic acids is 1. The van der Waals surface area contributed by atoms with Crippen molar-refractivity contribution in [3.63, 3.8) is 0 Å². The average molecular weight is 215 g/mol. The smallest absolute Gasteiger partial charge is 0.305 e. The molecule has 82 valence electrons. The normalized spacial score (nSPS) is 12.5. The summed E-state index contributed by atoms with van der Waals surface area (Å²) in [6, 6.07) is 2.58. The molecule has 0 aliphatic rings. The fourth-order valence-corrected chi connectivity index (χ4v) is 1.37. The first-order valence-corrected chi connectivity index (χ1v) is 4.39. The van der Waals surface area contributed by atoms with E-state index >= 15 is 0 Å². The van der Waals surface area contributed by atoms with Crippen LogP contribution in [0.2, 0.25) is 0 Å². The number of carboxylic acid groups (broad SMARTS) is 1. The van der Waals surface area contributed by atoms with Gasteiger partial charge in [0.05, 0.1) is 6.42 Å². The van der Waals surface area contributed by atoms with Gasteiger partial charge in [0.1, 0.15) is 11.6 Å². The van der Waals surface area contributed by atoms with Crippen LogP contribution < -0.4 is 5.32 Å². The highest BCUT2D eigenvalue weighted by Crippen LogP contribution is 2.22. The molecule has 0 saturated carbocycles. The van der Waals surface area contributed by atoms with Crippen molar-refractivity contribution in [1.29, 1.82) is 0 Å². The molecule has 0 bridgehead atoms. The Morgan fingerprint density at radius 2 is 2.00 bits per heavy atom. The summed E-state index contributed by atoms with van der Waals surface area (Å²) in [5.74, 6) is -2.59. The number of hydrogen-bond acceptors (Lipinski definition) is 2. The highest BCUT2D eigenvalue weighted by molar-refractivity contribution is 5.68. The molecule has 1 unspecified atom stereocenters. The summed E-state index contributed by atoms with van der Waals surface area (Å²) in [6.07, 6.45) is -0.367. The molecule has 15 heavy (non-hydrogen) atoms. The minimum atomic E-state index is -1.11. The van der Waals surface area contributed by atoms with Crippen molar-refractivity contribution < 1.29 is 18.7 Å². The second-order valence-corrected chi connectivity index (χ2v) is 3.07. The number of hydrogen-bond donors (Lipinski definition) is 2. The molecule has 0 aromatic heterocycles. The minimum absolute atomic E-state index is 0.234. The van der Waals surface area contributed by atoms with Crippen molar-refractivity contribution in [2.75, 3.05) is 7.05 Å². The van der Waals surface area contributed by atoms with Gasteiger partial charge in [-0.2, -0.15) is 0 Å². The van der Waals surface area contributed by atoms with Gasteiger partial charge in [-0.1, -0.05) is 6.07 Å². The molecule has 1 atom stereocenters. The molecular formula is C10H11F2NO2. The lowest BCUT2D eigenvalue weighted by atomic mass is 10.0. The summed E-state index contributed by atoms with van der Waals surface area (Å²) in [6.45, 7) is 0. The van der Waals surface area contributed by atoms with Gasteiger partial charge in [-0.3, -0.25) is 4.79 Å². The van der Waals surface area contributed by atoms with Crippen LogP contribution >= 0.6 is 0 Å². The van der Waals surface area contributed by atoms with Crippen molar-refractivity contribution in [3.8, 4) is 0 Å². The van der Waals surface area contributed by atoms with E-state index in [1.54, 1.807) is 0 Å². The number of halogens is 2. The van der Waals surface area contributed by atoms with Gasteiger partial charge in [-0.15, -0.1) is 0 Å². The average Bonchev–Trinajstić information content (AvgIpc) is 2.15. The molecule has 1 rings (SSSR count). The fourth-order valence-electron chi connectivity index (χ4n) is 1.37. The lowest BCUT2D eigenvalue weighted by molar-refractivity contribution is -0.137. The summed E-state index contributed by atoms with van der Waals surface area (Å²) in [5, 5.41) is 11.1. The molecule has 0 aliphatic carbocycles. The van der Waals surface area contributed by atoms with Crippen molar-refractivity contribution in [2.24, 2.45) is 0 Å². The van der Waals surface area contributed by atoms with E-state index in [1.807, 2.05) is 0 Å². The van der Waals surface area contributed by atoms with Gasteiger partial charge in [-0.05, 0) is 19.2 Å². The Labute approximate surface area is 85.7 Å². The highest BCUT2D eigenvalue weighted by atomic mass is 19.1. The molecule has 0 spiro atoms. The first-order chi connectivity index (χ1) is 7.06. The topological polar surface area (TPSA) is 49.3 Å². The Morgan fingerprint density at radius 3 is 2.40 bits per heavy atom. The summed E-state index contributed by atoms with van der Waals surface area (Å²) >= 11 is 0. The molecule has 1 aromatic carbocycles. The molecule has 2 N–H and O–H groups in total. The SMILES string of the molecule is CNC(CC(=O)O)c1c(F)cccc1F. The third kappa shape index (κ3) is 2.73. The molecule has 1 aromatic rings. The zero-order chi connectivity index (χ0) is 11.4. The fraction of sp³-hybridized carbons (Fsp3) is 0.300.